The van der Waals surface area contributed by atoms with E-state index in [4.69, 9.17) is 5.73 Å². The lowest BCUT2D eigenvalue weighted by Gasteiger charge is -2.33. The van der Waals surface area contributed by atoms with Crippen LogP contribution in [0, 0.1) is 0 Å². The minimum Gasteiger partial charge on any atom is -0.351 e. The number of hydrogen-bond donors (Lipinski definition) is 2. The lowest BCUT2D eigenvalue weighted by molar-refractivity contribution is -0.119. The van der Waals surface area contributed by atoms with Gasteiger partial charge >= 0.3 is 0 Å². The molecule has 0 bridgehead atoms. The Morgan fingerprint density at radius 1 is 1.35 bits per heavy atom. The van der Waals surface area contributed by atoms with Crippen molar-refractivity contribution in [1.82, 2.24) is 10.2 Å². The summed E-state index contributed by atoms with van der Waals surface area (Å²) in [5.41, 5.74) is 7.81. The van der Waals surface area contributed by atoms with Crippen molar-refractivity contribution in [2.75, 3.05) is 13.1 Å². The Morgan fingerprint density at radius 3 is 2.80 bits per heavy atom. The number of likely N-dealkylation sites (tertiary alicyclic amines) is 1. The van der Waals surface area contributed by atoms with Gasteiger partial charge in [-0.25, -0.2) is 0 Å². The third kappa shape index (κ3) is 4.05. The quantitative estimate of drug-likeness (QED) is 0.859. The molecule has 1 aliphatic heterocycles. The summed E-state index contributed by atoms with van der Waals surface area (Å²) in [6.07, 6.45) is 3.91. The third-order valence-electron chi connectivity index (χ3n) is 4.09. The van der Waals surface area contributed by atoms with Crippen LogP contribution >= 0.6 is 0 Å². The standard InChI is InChI=1S/C16H25N3O/c1-13-6-4-5-9-19(13)12-15-8-3-2-7-14(15)11-18-16(20)10-17/h2-3,7-8,13H,4-6,9-12,17H2,1H3,(H,18,20)/t13-/m1/s1. The zero-order valence-corrected chi connectivity index (χ0v) is 12.3. The van der Waals surface area contributed by atoms with E-state index >= 15 is 0 Å². The Kier molecular flexibility index (Phi) is 5.56. The predicted octanol–water partition coefficient (Wildman–Crippen LogP) is 1.64. The van der Waals surface area contributed by atoms with Gasteiger partial charge in [0, 0.05) is 19.1 Å². The van der Waals surface area contributed by atoms with Gasteiger partial charge in [-0.05, 0) is 37.4 Å². The fraction of sp³-hybridized carbons (Fsp3) is 0.562. The minimum absolute atomic E-state index is 0.0470. The van der Waals surface area contributed by atoms with Crippen LogP contribution in [0.3, 0.4) is 0 Å². The molecule has 0 radical (unpaired) electrons. The number of nitrogens with two attached hydrogens (primary N) is 1. The Hall–Kier alpha value is -1.39. The molecule has 1 aromatic rings. The zero-order valence-electron chi connectivity index (χ0n) is 12.3. The molecule has 1 aliphatic rings. The number of amides is 1. The number of carbonyl (C=O) groups excluding carboxylic acids is 1. The molecule has 0 aliphatic carbocycles. The van der Waals surface area contributed by atoms with Crippen molar-refractivity contribution in [2.45, 2.75) is 45.3 Å². The van der Waals surface area contributed by atoms with Gasteiger partial charge in [-0.2, -0.15) is 0 Å². The average Bonchev–Trinajstić information content (AvgIpc) is 2.48. The van der Waals surface area contributed by atoms with Gasteiger partial charge in [-0.3, -0.25) is 9.69 Å². The largest absolute Gasteiger partial charge is 0.351 e. The lowest BCUT2D eigenvalue weighted by Crippen LogP contribution is -2.37. The first kappa shape index (κ1) is 15.0. The molecule has 110 valence electrons. The summed E-state index contributed by atoms with van der Waals surface area (Å²) in [5, 5.41) is 2.86. The summed E-state index contributed by atoms with van der Waals surface area (Å²) in [7, 11) is 0. The maximum absolute atomic E-state index is 11.3. The van der Waals surface area contributed by atoms with Crippen LogP contribution in [0.5, 0.6) is 0 Å². The Morgan fingerprint density at radius 2 is 2.10 bits per heavy atom. The highest BCUT2D eigenvalue weighted by molar-refractivity contribution is 5.77. The highest BCUT2D eigenvalue weighted by atomic mass is 16.1. The number of nitrogens with zero attached hydrogens (tertiary/aromatic N) is 1. The summed E-state index contributed by atoms with van der Waals surface area (Å²) in [4.78, 5) is 13.8. The molecule has 1 aromatic carbocycles. The second-order valence-corrected chi connectivity index (χ2v) is 5.56. The van der Waals surface area contributed by atoms with E-state index in [1.807, 2.05) is 6.07 Å². The molecule has 0 aromatic heterocycles. The molecule has 1 heterocycles. The summed E-state index contributed by atoms with van der Waals surface area (Å²) in [6.45, 7) is 5.05. The second kappa shape index (κ2) is 7.41. The maximum atomic E-state index is 11.3. The average molecular weight is 275 g/mol. The van der Waals surface area contributed by atoms with Crippen molar-refractivity contribution in [2.24, 2.45) is 5.73 Å². The topological polar surface area (TPSA) is 58.4 Å². The molecule has 3 N–H and O–H groups in total. The van der Waals surface area contributed by atoms with Crippen LogP contribution in [0.2, 0.25) is 0 Å². The maximum Gasteiger partial charge on any atom is 0.234 e. The molecular formula is C16H25N3O. The first-order valence-electron chi connectivity index (χ1n) is 7.48. The smallest absolute Gasteiger partial charge is 0.234 e. The van der Waals surface area contributed by atoms with Gasteiger partial charge in [0.25, 0.3) is 0 Å². The van der Waals surface area contributed by atoms with Crippen molar-refractivity contribution >= 4 is 5.91 Å². The minimum atomic E-state index is -0.105. The summed E-state index contributed by atoms with van der Waals surface area (Å²) in [5.74, 6) is -0.105. The Balaban J connectivity index is 2.01. The molecule has 0 saturated carbocycles. The molecule has 1 saturated heterocycles. The van der Waals surface area contributed by atoms with Crippen molar-refractivity contribution in [3.63, 3.8) is 0 Å². The fourth-order valence-corrected chi connectivity index (χ4v) is 2.76. The second-order valence-electron chi connectivity index (χ2n) is 5.56. The molecule has 1 atom stereocenters. The van der Waals surface area contributed by atoms with E-state index in [1.165, 1.54) is 36.9 Å². The molecule has 1 amide bonds. The Bertz CT molecular complexity index is 447. The van der Waals surface area contributed by atoms with E-state index in [1.54, 1.807) is 0 Å². The number of piperidine rings is 1. The van der Waals surface area contributed by atoms with Crippen molar-refractivity contribution in [3.8, 4) is 0 Å². The van der Waals surface area contributed by atoms with Crippen LogP contribution in [0.4, 0.5) is 0 Å². The van der Waals surface area contributed by atoms with E-state index in [0.717, 1.165) is 6.54 Å². The normalized spacial score (nSPS) is 19.8. The molecule has 0 spiro atoms. The SMILES string of the molecule is C[C@@H]1CCCCN1Cc1ccccc1CNC(=O)CN. The molecule has 20 heavy (non-hydrogen) atoms. The molecule has 4 heteroatoms. The molecule has 0 unspecified atom stereocenters. The van der Waals surface area contributed by atoms with Crippen LogP contribution in [0.15, 0.2) is 24.3 Å². The number of benzene rings is 1. The van der Waals surface area contributed by atoms with Crippen LogP contribution in [0.1, 0.15) is 37.3 Å². The van der Waals surface area contributed by atoms with Crippen molar-refractivity contribution < 1.29 is 4.79 Å². The predicted molar refractivity (Wildman–Crippen MR) is 81.1 cm³/mol. The third-order valence-corrected chi connectivity index (χ3v) is 4.09. The summed E-state index contributed by atoms with van der Waals surface area (Å²) >= 11 is 0. The van der Waals surface area contributed by atoms with Gasteiger partial charge in [0.2, 0.25) is 5.91 Å². The lowest BCUT2D eigenvalue weighted by atomic mass is 10.0. The van der Waals surface area contributed by atoms with Gasteiger partial charge in [0.15, 0.2) is 0 Å². The van der Waals surface area contributed by atoms with Crippen LogP contribution in [-0.2, 0) is 17.9 Å². The van der Waals surface area contributed by atoms with Crippen LogP contribution in [0.25, 0.3) is 0 Å². The molecular weight excluding hydrogens is 250 g/mol. The first-order valence-corrected chi connectivity index (χ1v) is 7.48. The van der Waals surface area contributed by atoms with Crippen LogP contribution in [-0.4, -0.2) is 29.9 Å². The highest BCUT2D eigenvalue weighted by Crippen LogP contribution is 2.20. The van der Waals surface area contributed by atoms with Gasteiger partial charge < -0.3 is 11.1 Å². The van der Waals surface area contributed by atoms with Crippen molar-refractivity contribution in [3.05, 3.63) is 35.4 Å². The van der Waals surface area contributed by atoms with E-state index in [0.29, 0.717) is 12.6 Å². The Labute approximate surface area is 121 Å². The van der Waals surface area contributed by atoms with Gasteiger partial charge in [-0.15, -0.1) is 0 Å². The first-order chi connectivity index (χ1) is 9.70. The van der Waals surface area contributed by atoms with E-state index in [-0.39, 0.29) is 12.5 Å². The number of carbonyl (C=O) groups is 1. The van der Waals surface area contributed by atoms with Crippen LogP contribution < -0.4 is 11.1 Å². The number of hydrogen-bond acceptors (Lipinski definition) is 3. The molecule has 1 fully saturated rings. The summed E-state index contributed by atoms with van der Waals surface area (Å²) < 4.78 is 0. The fourth-order valence-electron chi connectivity index (χ4n) is 2.76. The summed E-state index contributed by atoms with van der Waals surface area (Å²) in [6, 6.07) is 8.98. The van der Waals surface area contributed by atoms with E-state index in [2.05, 4.69) is 35.3 Å². The number of rotatable bonds is 5. The van der Waals surface area contributed by atoms with Gasteiger partial charge in [0.05, 0.1) is 6.54 Å². The van der Waals surface area contributed by atoms with E-state index < -0.39 is 0 Å². The van der Waals surface area contributed by atoms with Crippen molar-refractivity contribution in [1.29, 1.82) is 0 Å². The molecule has 4 nitrogen and oxygen atoms in total. The highest BCUT2D eigenvalue weighted by Gasteiger charge is 2.19. The van der Waals surface area contributed by atoms with E-state index in [9.17, 15) is 4.79 Å². The monoisotopic (exact) mass is 275 g/mol. The zero-order chi connectivity index (χ0) is 14.4. The van der Waals surface area contributed by atoms with Gasteiger partial charge in [-0.1, -0.05) is 30.7 Å². The van der Waals surface area contributed by atoms with Gasteiger partial charge in [0.1, 0.15) is 0 Å². The number of nitrogens with one attached hydrogen (secondary N) is 1. The molecule has 2 rings (SSSR count).